The number of hydrogen-bond donors (Lipinski definition) is 1. The Morgan fingerprint density at radius 1 is 0.900 bits per heavy atom. The zero-order valence-electron chi connectivity index (χ0n) is 18.1. The van der Waals surface area contributed by atoms with E-state index in [4.69, 9.17) is 35.3 Å². The van der Waals surface area contributed by atoms with Crippen LogP contribution in [0.3, 0.4) is 0 Å². The average molecular weight is 438 g/mol. The Hall–Kier alpha value is -2.80. The number of carbonyl (C=O) groups is 1. The average Bonchev–Trinajstić information content (AvgIpc) is 2.74. The summed E-state index contributed by atoms with van der Waals surface area (Å²) in [5, 5.41) is 3.17. The van der Waals surface area contributed by atoms with Crippen LogP contribution in [-0.4, -0.2) is 41.0 Å². The lowest BCUT2D eigenvalue weighted by molar-refractivity contribution is 0.0950. The first-order valence-corrected chi connectivity index (χ1v) is 9.79. The molecule has 1 amide bonds. The lowest BCUT2D eigenvalue weighted by atomic mass is 10.1. The van der Waals surface area contributed by atoms with Gasteiger partial charge in [0.1, 0.15) is 0 Å². The van der Waals surface area contributed by atoms with Gasteiger partial charge in [-0.05, 0) is 35.7 Å². The highest BCUT2D eigenvalue weighted by atomic mass is 35.5. The summed E-state index contributed by atoms with van der Waals surface area (Å²) in [4.78, 5) is 12.7. The molecule has 0 aromatic heterocycles. The van der Waals surface area contributed by atoms with Crippen LogP contribution in [0.1, 0.15) is 29.8 Å². The molecule has 0 heterocycles. The molecule has 0 bridgehead atoms. The van der Waals surface area contributed by atoms with E-state index in [0.717, 1.165) is 5.56 Å². The van der Waals surface area contributed by atoms with Gasteiger partial charge in [0, 0.05) is 12.1 Å². The Labute approximate surface area is 182 Å². The van der Waals surface area contributed by atoms with Gasteiger partial charge in [-0.2, -0.15) is 0 Å². The van der Waals surface area contributed by atoms with E-state index in [1.807, 2.05) is 13.8 Å². The number of carbonyl (C=O) groups excluding carboxylic acids is 1. The normalized spacial score (nSPS) is 10.5. The van der Waals surface area contributed by atoms with E-state index in [0.29, 0.717) is 51.9 Å². The molecule has 0 aliphatic rings. The van der Waals surface area contributed by atoms with Gasteiger partial charge in [0.25, 0.3) is 5.91 Å². The van der Waals surface area contributed by atoms with Crippen LogP contribution in [-0.2, 0) is 6.54 Å². The summed E-state index contributed by atoms with van der Waals surface area (Å²) in [6.07, 6.45) is 0. The minimum absolute atomic E-state index is 0.251. The SMILES string of the molecule is COc1cc(C(=O)NCc2cc(OC)c(OC)c(OC)c2)cc(Cl)c1OCC(C)C. The Morgan fingerprint density at radius 3 is 1.97 bits per heavy atom. The maximum Gasteiger partial charge on any atom is 0.251 e. The van der Waals surface area contributed by atoms with Gasteiger partial charge < -0.3 is 29.0 Å². The Morgan fingerprint density at radius 2 is 1.47 bits per heavy atom. The van der Waals surface area contributed by atoms with E-state index < -0.39 is 0 Å². The van der Waals surface area contributed by atoms with E-state index in [-0.39, 0.29) is 12.5 Å². The van der Waals surface area contributed by atoms with Crippen LogP contribution >= 0.6 is 11.6 Å². The lowest BCUT2D eigenvalue weighted by Gasteiger charge is -2.16. The van der Waals surface area contributed by atoms with Crippen LogP contribution in [0.2, 0.25) is 5.02 Å². The third-order valence-electron chi connectivity index (χ3n) is 4.23. The lowest BCUT2D eigenvalue weighted by Crippen LogP contribution is -2.23. The monoisotopic (exact) mass is 437 g/mol. The molecule has 0 saturated carbocycles. The third kappa shape index (κ3) is 5.63. The third-order valence-corrected chi connectivity index (χ3v) is 4.51. The predicted octanol–water partition coefficient (Wildman–Crippen LogP) is 4.34. The Balaban J connectivity index is 2.19. The molecule has 0 unspecified atom stereocenters. The smallest absolute Gasteiger partial charge is 0.251 e. The van der Waals surface area contributed by atoms with Crippen LogP contribution in [0.25, 0.3) is 0 Å². The fourth-order valence-corrected chi connectivity index (χ4v) is 3.03. The van der Waals surface area contributed by atoms with Gasteiger partial charge in [0.15, 0.2) is 23.0 Å². The van der Waals surface area contributed by atoms with Gasteiger partial charge in [0.2, 0.25) is 5.75 Å². The molecule has 164 valence electrons. The van der Waals surface area contributed by atoms with Gasteiger partial charge in [-0.3, -0.25) is 4.79 Å². The van der Waals surface area contributed by atoms with Crippen molar-refractivity contribution in [2.24, 2.45) is 5.92 Å². The molecule has 2 rings (SSSR count). The van der Waals surface area contributed by atoms with Crippen molar-refractivity contribution in [3.05, 3.63) is 40.4 Å². The molecule has 7 nitrogen and oxygen atoms in total. The second-order valence-electron chi connectivity index (χ2n) is 6.91. The topological polar surface area (TPSA) is 75.3 Å². The summed E-state index contributed by atoms with van der Waals surface area (Å²) < 4.78 is 27.1. The van der Waals surface area contributed by atoms with Gasteiger partial charge in [-0.1, -0.05) is 25.4 Å². The van der Waals surface area contributed by atoms with E-state index in [1.165, 1.54) is 28.4 Å². The van der Waals surface area contributed by atoms with Crippen molar-refractivity contribution in [3.63, 3.8) is 0 Å². The van der Waals surface area contributed by atoms with Crippen molar-refractivity contribution in [1.82, 2.24) is 5.32 Å². The van der Waals surface area contributed by atoms with Crippen molar-refractivity contribution in [2.75, 3.05) is 35.0 Å². The number of rotatable bonds is 10. The van der Waals surface area contributed by atoms with Crippen LogP contribution in [0.15, 0.2) is 24.3 Å². The van der Waals surface area contributed by atoms with Crippen molar-refractivity contribution in [3.8, 4) is 28.7 Å². The minimum Gasteiger partial charge on any atom is -0.493 e. The second kappa shape index (κ2) is 10.8. The maximum atomic E-state index is 12.7. The van der Waals surface area contributed by atoms with Gasteiger partial charge in [-0.15, -0.1) is 0 Å². The molecule has 2 aromatic carbocycles. The summed E-state index contributed by atoms with van der Waals surface area (Å²) in [6, 6.07) is 6.71. The zero-order chi connectivity index (χ0) is 22.3. The molecule has 0 atom stereocenters. The van der Waals surface area contributed by atoms with E-state index in [9.17, 15) is 4.79 Å². The van der Waals surface area contributed by atoms with Gasteiger partial charge >= 0.3 is 0 Å². The fourth-order valence-electron chi connectivity index (χ4n) is 2.76. The summed E-state index contributed by atoms with van der Waals surface area (Å²) in [5.74, 6) is 2.36. The van der Waals surface area contributed by atoms with Crippen LogP contribution in [0.4, 0.5) is 0 Å². The Kier molecular flexibility index (Phi) is 8.47. The number of ether oxygens (including phenoxy) is 5. The number of methoxy groups -OCH3 is 4. The molecule has 0 spiro atoms. The summed E-state index contributed by atoms with van der Waals surface area (Å²) in [7, 11) is 6.12. The molecule has 0 aliphatic carbocycles. The van der Waals surface area contributed by atoms with Crippen molar-refractivity contribution >= 4 is 17.5 Å². The first kappa shape index (κ1) is 23.5. The Bertz CT molecular complexity index is 859. The quantitative estimate of drug-likeness (QED) is 0.596. The highest BCUT2D eigenvalue weighted by Crippen LogP contribution is 2.38. The highest BCUT2D eigenvalue weighted by molar-refractivity contribution is 6.32. The van der Waals surface area contributed by atoms with Crippen molar-refractivity contribution < 1.29 is 28.5 Å². The molecule has 1 N–H and O–H groups in total. The molecule has 0 saturated heterocycles. The van der Waals surface area contributed by atoms with Crippen LogP contribution in [0, 0.1) is 5.92 Å². The number of benzene rings is 2. The maximum absolute atomic E-state index is 12.7. The molecule has 8 heteroatoms. The largest absolute Gasteiger partial charge is 0.493 e. The highest BCUT2D eigenvalue weighted by Gasteiger charge is 2.17. The van der Waals surface area contributed by atoms with Crippen molar-refractivity contribution in [1.29, 1.82) is 0 Å². The molecular formula is C22H28ClNO6. The summed E-state index contributed by atoms with van der Waals surface area (Å²) >= 11 is 6.34. The van der Waals surface area contributed by atoms with E-state index in [1.54, 1.807) is 24.3 Å². The zero-order valence-corrected chi connectivity index (χ0v) is 18.9. The molecule has 30 heavy (non-hydrogen) atoms. The predicted molar refractivity (Wildman–Crippen MR) is 116 cm³/mol. The molecule has 0 fully saturated rings. The fraction of sp³-hybridized carbons (Fsp3) is 0.409. The van der Waals surface area contributed by atoms with E-state index >= 15 is 0 Å². The van der Waals surface area contributed by atoms with Crippen LogP contribution < -0.4 is 29.0 Å². The first-order chi connectivity index (χ1) is 14.3. The number of hydrogen-bond acceptors (Lipinski definition) is 6. The molecule has 2 aromatic rings. The summed E-state index contributed by atoms with van der Waals surface area (Å²) in [6.45, 7) is 4.81. The second-order valence-corrected chi connectivity index (χ2v) is 7.32. The molecular weight excluding hydrogens is 410 g/mol. The number of nitrogens with one attached hydrogen (secondary N) is 1. The minimum atomic E-state index is -0.306. The number of amides is 1. The molecule has 0 aliphatic heterocycles. The van der Waals surface area contributed by atoms with Gasteiger partial charge in [0.05, 0.1) is 40.1 Å². The summed E-state index contributed by atoms with van der Waals surface area (Å²) in [5.41, 5.74) is 1.15. The van der Waals surface area contributed by atoms with Gasteiger partial charge in [-0.25, -0.2) is 0 Å². The number of halogens is 1. The first-order valence-electron chi connectivity index (χ1n) is 9.41. The van der Waals surface area contributed by atoms with Crippen LogP contribution in [0.5, 0.6) is 28.7 Å². The van der Waals surface area contributed by atoms with Crippen molar-refractivity contribution in [2.45, 2.75) is 20.4 Å². The van der Waals surface area contributed by atoms with E-state index in [2.05, 4.69) is 5.32 Å². The standard InChI is InChI=1S/C22H28ClNO6/c1-13(2)12-30-20-16(23)9-15(10-19(20)28-5)22(25)24-11-14-7-17(26-3)21(29-6)18(8-14)27-4/h7-10,13H,11-12H2,1-6H3,(H,24,25). The molecule has 0 radical (unpaired) electrons.